The molecule has 3 nitrogen and oxygen atoms in total. The normalized spacial score (nSPS) is 12.2. The molecule has 0 atom stereocenters. The summed E-state index contributed by atoms with van der Waals surface area (Å²) in [6, 6.07) is 7.74. The Balaban J connectivity index is 1.86. The van der Waals surface area contributed by atoms with E-state index in [2.05, 4.69) is 10.1 Å². The van der Waals surface area contributed by atoms with Crippen LogP contribution in [0.4, 0.5) is 13.2 Å². The number of hydrogen-bond acceptors (Lipinski definition) is 3. The number of halogens is 3. The summed E-state index contributed by atoms with van der Waals surface area (Å²) in [6.45, 7) is 1.74. The van der Waals surface area contributed by atoms with E-state index < -0.39 is 12.8 Å². The second-order valence-corrected chi connectivity index (χ2v) is 4.70. The molecule has 0 unspecified atom stereocenters. The summed E-state index contributed by atoms with van der Waals surface area (Å²) >= 11 is 0. The predicted molar refractivity (Wildman–Crippen MR) is 74.2 cm³/mol. The molecule has 1 heterocycles. The van der Waals surface area contributed by atoms with Crippen LogP contribution in [-0.4, -0.2) is 25.9 Å². The van der Waals surface area contributed by atoms with Crippen LogP contribution in [-0.2, 0) is 17.7 Å². The first-order valence-electron chi connectivity index (χ1n) is 6.85. The summed E-state index contributed by atoms with van der Waals surface area (Å²) in [5.41, 5.74) is 1.89. The maximum absolute atomic E-state index is 11.9. The van der Waals surface area contributed by atoms with Gasteiger partial charge in [0.05, 0.1) is 6.61 Å². The third-order valence-electron chi connectivity index (χ3n) is 3.09. The molecule has 0 spiro atoms. The highest BCUT2D eigenvalue weighted by atomic mass is 19.4. The van der Waals surface area contributed by atoms with E-state index >= 15 is 0 Å². The average molecular weight is 301 g/mol. The third-order valence-corrected chi connectivity index (χ3v) is 3.09. The summed E-state index contributed by atoms with van der Waals surface area (Å²) in [7, 11) is 0. The quantitative estimate of drug-likeness (QED) is 0.792. The molecule has 0 radical (unpaired) electrons. The Hall–Kier alpha value is -1.53. The number of benzene rings is 1. The molecule has 0 aliphatic heterocycles. The van der Waals surface area contributed by atoms with Crippen molar-refractivity contribution in [1.29, 1.82) is 0 Å². The van der Waals surface area contributed by atoms with Crippen molar-refractivity contribution < 1.29 is 22.3 Å². The Morgan fingerprint density at radius 1 is 1.24 bits per heavy atom. The van der Waals surface area contributed by atoms with Gasteiger partial charge in [-0.15, -0.1) is 0 Å². The molecule has 0 aliphatic rings. The summed E-state index contributed by atoms with van der Waals surface area (Å²) in [6.07, 6.45) is -3.49. The van der Waals surface area contributed by atoms with Gasteiger partial charge in [0.15, 0.2) is 0 Å². The molecule has 1 N–H and O–H groups in total. The Labute approximate surface area is 121 Å². The molecule has 2 rings (SSSR count). The molecule has 116 valence electrons. The Morgan fingerprint density at radius 3 is 2.71 bits per heavy atom. The fraction of sp³-hybridized carbons (Fsp3) is 0.467. The molecule has 0 saturated carbocycles. The van der Waals surface area contributed by atoms with Gasteiger partial charge in [0, 0.05) is 30.5 Å². The monoisotopic (exact) mass is 301 g/mol. The van der Waals surface area contributed by atoms with Crippen LogP contribution in [0.5, 0.6) is 0 Å². The molecule has 0 bridgehead atoms. The molecule has 1 aromatic carbocycles. The molecule has 21 heavy (non-hydrogen) atoms. The van der Waals surface area contributed by atoms with Crippen molar-refractivity contribution in [1.82, 2.24) is 5.32 Å². The van der Waals surface area contributed by atoms with Crippen molar-refractivity contribution in [3.05, 3.63) is 35.6 Å². The number of furan rings is 1. The van der Waals surface area contributed by atoms with Gasteiger partial charge in [0.1, 0.15) is 18.0 Å². The lowest BCUT2D eigenvalue weighted by molar-refractivity contribution is -0.173. The Bertz CT molecular complexity index is 578. The van der Waals surface area contributed by atoms with Gasteiger partial charge in [-0.3, -0.25) is 0 Å². The van der Waals surface area contributed by atoms with E-state index in [4.69, 9.17) is 4.42 Å². The van der Waals surface area contributed by atoms with Crippen LogP contribution in [0.25, 0.3) is 11.0 Å². The number of nitrogens with one attached hydrogen (secondary N) is 1. The highest BCUT2D eigenvalue weighted by Crippen LogP contribution is 2.26. The van der Waals surface area contributed by atoms with E-state index in [1.165, 1.54) is 0 Å². The Kier molecular flexibility index (Phi) is 5.25. The van der Waals surface area contributed by atoms with Crippen LogP contribution in [0.15, 0.2) is 28.7 Å². The lowest BCUT2D eigenvalue weighted by atomic mass is 10.1. The van der Waals surface area contributed by atoms with Crippen molar-refractivity contribution in [2.24, 2.45) is 0 Å². The fourth-order valence-corrected chi connectivity index (χ4v) is 2.17. The predicted octanol–water partition coefficient (Wildman–Crippen LogP) is 3.66. The zero-order valence-electron chi connectivity index (χ0n) is 11.8. The molecule has 6 heteroatoms. The summed E-state index contributed by atoms with van der Waals surface area (Å²) in [5.74, 6) is 0.903. The van der Waals surface area contributed by atoms with Crippen molar-refractivity contribution in [3.63, 3.8) is 0 Å². The van der Waals surface area contributed by atoms with Gasteiger partial charge in [-0.2, -0.15) is 13.2 Å². The zero-order chi connectivity index (χ0) is 15.3. The van der Waals surface area contributed by atoms with Gasteiger partial charge >= 0.3 is 6.18 Å². The van der Waals surface area contributed by atoms with Gasteiger partial charge in [-0.05, 0) is 6.07 Å². The highest BCUT2D eigenvalue weighted by molar-refractivity contribution is 5.82. The van der Waals surface area contributed by atoms with Gasteiger partial charge in [-0.25, -0.2) is 0 Å². The van der Waals surface area contributed by atoms with Crippen LogP contribution >= 0.6 is 0 Å². The largest absolute Gasteiger partial charge is 0.461 e. The van der Waals surface area contributed by atoms with Gasteiger partial charge < -0.3 is 14.5 Å². The first kappa shape index (κ1) is 15.9. The number of alkyl halides is 3. The second-order valence-electron chi connectivity index (χ2n) is 4.70. The average Bonchev–Trinajstić information content (AvgIpc) is 2.79. The smallest absolute Gasteiger partial charge is 0.411 e. The van der Waals surface area contributed by atoms with E-state index in [9.17, 15) is 13.2 Å². The number of ether oxygens (including phenoxy) is 1. The third kappa shape index (κ3) is 4.47. The maximum Gasteiger partial charge on any atom is 0.411 e. The SMILES string of the molecule is CCc1oc2ccccc2c1CNCCOCC(F)(F)F. The minimum Gasteiger partial charge on any atom is -0.461 e. The maximum atomic E-state index is 11.9. The van der Waals surface area contributed by atoms with Gasteiger partial charge in [0.25, 0.3) is 0 Å². The zero-order valence-corrected chi connectivity index (χ0v) is 11.8. The van der Waals surface area contributed by atoms with Crippen molar-refractivity contribution >= 4 is 11.0 Å². The van der Waals surface area contributed by atoms with Crippen LogP contribution in [0.2, 0.25) is 0 Å². The molecular formula is C15H18F3NO2. The molecule has 1 aromatic heterocycles. The number of para-hydroxylation sites is 1. The molecule has 2 aromatic rings. The van der Waals surface area contributed by atoms with E-state index in [0.717, 1.165) is 28.7 Å². The van der Waals surface area contributed by atoms with Crippen molar-refractivity contribution in [3.8, 4) is 0 Å². The lowest BCUT2D eigenvalue weighted by Crippen LogP contribution is -2.23. The number of fused-ring (bicyclic) bond motifs is 1. The molecular weight excluding hydrogens is 283 g/mol. The van der Waals surface area contributed by atoms with Gasteiger partial charge in [0.2, 0.25) is 0 Å². The second kappa shape index (κ2) is 6.95. The number of hydrogen-bond donors (Lipinski definition) is 1. The molecule has 0 amide bonds. The molecule has 0 saturated heterocycles. The molecule has 0 aliphatic carbocycles. The number of aryl methyl sites for hydroxylation is 1. The Morgan fingerprint density at radius 2 is 2.00 bits per heavy atom. The minimum absolute atomic E-state index is 0.0246. The summed E-state index contributed by atoms with van der Waals surface area (Å²) in [5, 5.41) is 4.13. The van der Waals surface area contributed by atoms with E-state index in [-0.39, 0.29) is 6.61 Å². The summed E-state index contributed by atoms with van der Waals surface area (Å²) < 4.78 is 46.0. The minimum atomic E-state index is -4.27. The highest BCUT2D eigenvalue weighted by Gasteiger charge is 2.27. The van der Waals surface area contributed by atoms with Crippen LogP contribution in [0.3, 0.4) is 0 Å². The van der Waals surface area contributed by atoms with Crippen LogP contribution in [0.1, 0.15) is 18.2 Å². The summed E-state index contributed by atoms with van der Waals surface area (Å²) in [4.78, 5) is 0. The van der Waals surface area contributed by atoms with E-state index in [1.807, 2.05) is 31.2 Å². The van der Waals surface area contributed by atoms with Crippen LogP contribution < -0.4 is 5.32 Å². The topological polar surface area (TPSA) is 34.4 Å². The van der Waals surface area contributed by atoms with Crippen LogP contribution in [0, 0.1) is 0 Å². The van der Waals surface area contributed by atoms with Crippen molar-refractivity contribution in [2.75, 3.05) is 19.8 Å². The lowest BCUT2D eigenvalue weighted by Gasteiger charge is -2.08. The first-order chi connectivity index (χ1) is 10.0. The molecule has 0 fully saturated rings. The standard InChI is InChI=1S/C15H18F3NO2/c1-2-13-12(11-5-3-4-6-14(11)21-13)9-19-7-8-20-10-15(16,17)18/h3-6,19H,2,7-10H2,1H3. The van der Waals surface area contributed by atoms with E-state index in [1.54, 1.807) is 0 Å². The number of rotatable bonds is 7. The first-order valence-corrected chi connectivity index (χ1v) is 6.85. The van der Waals surface area contributed by atoms with Gasteiger partial charge in [-0.1, -0.05) is 25.1 Å². The van der Waals surface area contributed by atoms with Crippen molar-refractivity contribution in [2.45, 2.75) is 26.1 Å². The van der Waals surface area contributed by atoms with E-state index in [0.29, 0.717) is 13.1 Å². The fourth-order valence-electron chi connectivity index (χ4n) is 2.17.